The van der Waals surface area contributed by atoms with Gasteiger partial charge in [0.05, 0.1) is 25.4 Å². The Morgan fingerprint density at radius 2 is 0.829 bits per heavy atom. The Balaban J connectivity index is 2.17. The van der Waals surface area contributed by atoms with Crippen LogP contribution in [0.2, 0.25) is 0 Å². The fourth-order valence-electron chi connectivity index (χ4n) is 10.8. The summed E-state index contributed by atoms with van der Waals surface area (Å²) in [5.41, 5.74) is 0. The third-order valence-electron chi connectivity index (χ3n) is 15.8. The van der Waals surface area contributed by atoms with Crippen LogP contribution in [-0.4, -0.2) is 95.4 Å². The number of carbonyl (C=O) groups excluding carboxylic acids is 1. The first-order valence-electron chi connectivity index (χ1n) is 32.6. The molecule has 0 aromatic rings. The summed E-state index contributed by atoms with van der Waals surface area (Å²) in [6, 6.07) is -0.940. The molecule has 0 saturated carbocycles. The summed E-state index contributed by atoms with van der Waals surface area (Å²) in [6.45, 7) is 3.44. The molecule has 1 aliphatic rings. The average molecular weight is 1100 g/mol. The molecule has 1 heterocycles. The fraction of sp³-hybridized carbons (Fsp3) is 0.952. The number of amides is 1. The monoisotopic (exact) mass is 1100 g/mol. The second-order valence-corrected chi connectivity index (χ2v) is 24.1. The summed E-state index contributed by atoms with van der Waals surface area (Å²) in [5, 5.41) is 45.0. The molecule has 0 aliphatic carbocycles. The highest BCUT2D eigenvalue weighted by Gasteiger charge is 2.48. The van der Waals surface area contributed by atoms with Crippen LogP contribution in [0.4, 0.5) is 0 Å². The van der Waals surface area contributed by atoms with Gasteiger partial charge in [-0.2, -0.15) is 8.42 Å². The molecule has 1 aliphatic heterocycles. The van der Waals surface area contributed by atoms with E-state index in [4.69, 9.17) is 9.47 Å². The summed E-state index contributed by atoms with van der Waals surface area (Å²) in [4.78, 5) is 13.1. The van der Waals surface area contributed by atoms with Crippen molar-refractivity contribution in [1.82, 2.24) is 5.32 Å². The van der Waals surface area contributed by atoms with Crippen molar-refractivity contribution in [2.45, 2.75) is 371 Å². The SMILES string of the molecule is CCCCCCCCCCCCCC/C=C/C(O)C(COC1OC(CO)C(O)C(OS(=O)(=O)O)C1O)NC(=O)CCCCCCCCCCCCCCCCCCCCCCCCCCCCCCCCCCCCC. The maximum Gasteiger partial charge on any atom is 0.397 e. The highest BCUT2D eigenvalue weighted by Crippen LogP contribution is 2.26. The molecule has 6 N–H and O–H groups in total. The number of hydrogen-bond donors (Lipinski definition) is 6. The van der Waals surface area contributed by atoms with E-state index in [-0.39, 0.29) is 18.9 Å². The highest BCUT2D eigenvalue weighted by atomic mass is 32.3. The summed E-state index contributed by atoms with van der Waals surface area (Å²) in [7, 11) is -5.09. The minimum atomic E-state index is -5.09. The third-order valence-corrected chi connectivity index (χ3v) is 16.3. The van der Waals surface area contributed by atoms with E-state index in [1.165, 1.54) is 263 Å². The summed E-state index contributed by atoms with van der Waals surface area (Å²) in [5.74, 6) is -0.255. The van der Waals surface area contributed by atoms with Crippen LogP contribution in [-0.2, 0) is 28.9 Å². The van der Waals surface area contributed by atoms with Gasteiger partial charge in [-0.3, -0.25) is 9.35 Å². The lowest BCUT2D eigenvalue weighted by atomic mass is 9.99. The number of allylic oxidation sites excluding steroid dienone is 1. The van der Waals surface area contributed by atoms with Gasteiger partial charge >= 0.3 is 10.4 Å². The van der Waals surface area contributed by atoms with E-state index in [0.717, 1.165) is 38.5 Å². The first kappa shape index (κ1) is 72.9. The van der Waals surface area contributed by atoms with Crippen LogP contribution in [0.3, 0.4) is 0 Å². The van der Waals surface area contributed by atoms with Crippen LogP contribution in [0, 0.1) is 0 Å². The first-order valence-corrected chi connectivity index (χ1v) is 33.9. The van der Waals surface area contributed by atoms with Gasteiger partial charge in [0.1, 0.15) is 24.4 Å². The van der Waals surface area contributed by atoms with Crippen LogP contribution in [0.15, 0.2) is 12.2 Å². The molecule has 12 nitrogen and oxygen atoms in total. The van der Waals surface area contributed by atoms with Crippen molar-refractivity contribution in [3.05, 3.63) is 12.2 Å². The molecule has 13 heteroatoms. The van der Waals surface area contributed by atoms with Crippen LogP contribution in [0.5, 0.6) is 0 Å². The molecule has 0 aromatic heterocycles. The van der Waals surface area contributed by atoms with Crippen LogP contribution in [0.25, 0.3) is 0 Å². The molecular formula is C63H123NO11S. The van der Waals surface area contributed by atoms with E-state index >= 15 is 0 Å². The Hall–Kier alpha value is -1.16. The predicted molar refractivity (Wildman–Crippen MR) is 315 cm³/mol. The number of carbonyl (C=O) groups is 1. The van der Waals surface area contributed by atoms with Gasteiger partial charge in [0, 0.05) is 6.42 Å². The normalized spacial score (nSPS) is 19.0. The van der Waals surface area contributed by atoms with Crippen molar-refractivity contribution in [3.8, 4) is 0 Å². The lowest BCUT2D eigenvalue weighted by Crippen LogP contribution is -2.61. The molecule has 1 fully saturated rings. The van der Waals surface area contributed by atoms with Crippen LogP contribution in [0.1, 0.15) is 328 Å². The van der Waals surface area contributed by atoms with Gasteiger partial charge in [-0.1, -0.05) is 315 Å². The molecule has 0 spiro atoms. The van der Waals surface area contributed by atoms with Gasteiger partial charge in [-0.15, -0.1) is 0 Å². The average Bonchev–Trinajstić information content (AvgIpc) is 3.40. The Labute approximate surface area is 468 Å². The maximum atomic E-state index is 13.1. The first-order chi connectivity index (χ1) is 37.0. The summed E-state index contributed by atoms with van der Waals surface area (Å²) < 4.78 is 47.9. The van der Waals surface area contributed by atoms with Crippen molar-refractivity contribution >= 4 is 16.3 Å². The quantitative estimate of drug-likeness (QED) is 0.0193. The van der Waals surface area contributed by atoms with Crippen molar-refractivity contribution in [2.75, 3.05) is 13.2 Å². The number of unbranched alkanes of at least 4 members (excludes halogenated alkanes) is 46. The van der Waals surface area contributed by atoms with E-state index in [1.54, 1.807) is 6.08 Å². The zero-order valence-corrected chi connectivity index (χ0v) is 50.2. The van der Waals surface area contributed by atoms with Crippen molar-refractivity contribution in [2.24, 2.45) is 0 Å². The summed E-state index contributed by atoms with van der Waals surface area (Å²) in [6.07, 6.45) is 57.3. The molecule has 452 valence electrons. The van der Waals surface area contributed by atoms with Crippen molar-refractivity contribution < 1.29 is 51.8 Å². The van der Waals surface area contributed by atoms with E-state index in [0.29, 0.717) is 6.42 Å². The number of aliphatic hydroxyl groups is 4. The Bertz CT molecular complexity index is 1390. The number of nitrogens with one attached hydrogen (secondary N) is 1. The lowest BCUT2D eigenvalue weighted by Gasteiger charge is -2.41. The molecule has 1 saturated heterocycles. The predicted octanol–water partition coefficient (Wildman–Crippen LogP) is 16.2. The van der Waals surface area contributed by atoms with E-state index in [2.05, 4.69) is 23.3 Å². The zero-order valence-electron chi connectivity index (χ0n) is 49.4. The lowest BCUT2D eigenvalue weighted by molar-refractivity contribution is -0.298. The number of hydrogen-bond acceptors (Lipinski definition) is 10. The molecule has 76 heavy (non-hydrogen) atoms. The van der Waals surface area contributed by atoms with Gasteiger partial charge in [0.25, 0.3) is 0 Å². The smallest absolute Gasteiger partial charge is 0.394 e. The molecule has 7 atom stereocenters. The van der Waals surface area contributed by atoms with E-state index in [9.17, 15) is 38.2 Å². The molecule has 0 bridgehead atoms. The zero-order chi connectivity index (χ0) is 55.4. The Morgan fingerprint density at radius 3 is 1.14 bits per heavy atom. The van der Waals surface area contributed by atoms with Gasteiger partial charge in [0.15, 0.2) is 6.29 Å². The topological polar surface area (TPSA) is 192 Å². The van der Waals surface area contributed by atoms with Crippen molar-refractivity contribution in [1.29, 1.82) is 0 Å². The molecule has 0 radical (unpaired) electrons. The van der Waals surface area contributed by atoms with Crippen molar-refractivity contribution in [3.63, 3.8) is 0 Å². The van der Waals surface area contributed by atoms with Gasteiger partial charge in [-0.25, -0.2) is 4.18 Å². The number of aliphatic hydroxyl groups excluding tert-OH is 4. The third kappa shape index (κ3) is 44.6. The molecular weight excluding hydrogens is 979 g/mol. The Morgan fingerprint density at radius 1 is 0.513 bits per heavy atom. The van der Waals surface area contributed by atoms with Gasteiger partial charge in [-0.05, 0) is 19.3 Å². The maximum absolute atomic E-state index is 13.1. The summed E-state index contributed by atoms with van der Waals surface area (Å²) >= 11 is 0. The Kier molecular flexibility index (Phi) is 51.0. The van der Waals surface area contributed by atoms with E-state index < -0.39 is 59.9 Å². The molecule has 1 rings (SSSR count). The second kappa shape index (κ2) is 53.2. The largest absolute Gasteiger partial charge is 0.397 e. The number of rotatable bonds is 58. The minimum Gasteiger partial charge on any atom is -0.394 e. The minimum absolute atomic E-state index is 0.255. The van der Waals surface area contributed by atoms with Crippen LogP contribution < -0.4 is 5.32 Å². The molecule has 1 amide bonds. The highest BCUT2D eigenvalue weighted by molar-refractivity contribution is 7.80. The molecule has 7 unspecified atom stereocenters. The van der Waals surface area contributed by atoms with E-state index in [1.807, 2.05) is 6.08 Å². The van der Waals surface area contributed by atoms with Crippen LogP contribution >= 0.6 is 0 Å². The van der Waals surface area contributed by atoms with Gasteiger partial charge < -0.3 is 35.2 Å². The number of ether oxygens (including phenoxy) is 2. The second-order valence-electron chi connectivity index (χ2n) is 23.1. The molecule has 0 aromatic carbocycles. The standard InChI is InChI=1S/C63H123NO11S/c1-3-5-7-9-11-13-15-17-19-20-21-22-23-24-25-26-27-28-29-30-31-32-33-34-35-36-37-38-39-41-43-45-47-49-51-53-59(67)64-56(55-73-63-61(69)62(75-76(70,71)72)60(68)58(54-65)74-63)57(66)52-50-48-46-44-42-40-18-16-14-12-10-8-6-4-2/h50,52,56-58,60-63,65-66,68-69H,3-49,51,53-55H2,1-2H3,(H,64,67)(H,70,71,72)/b52-50+. The fourth-order valence-corrected chi connectivity index (χ4v) is 11.3. The van der Waals surface area contributed by atoms with Gasteiger partial charge in [0.2, 0.25) is 5.91 Å².